The fraction of sp³-hybridized carbons (Fsp3) is 0.286. The van der Waals surface area contributed by atoms with Crippen LogP contribution in [0.4, 0.5) is 10.9 Å². The molecule has 2 rings (SSSR count). The van der Waals surface area contributed by atoms with Crippen LogP contribution in [0.1, 0.15) is 24.5 Å². The van der Waals surface area contributed by atoms with Gasteiger partial charge in [0.2, 0.25) is 5.13 Å². The van der Waals surface area contributed by atoms with Crippen molar-refractivity contribution in [2.45, 2.75) is 20.3 Å². The number of nitrogens with one attached hydrogen (secondary N) is 1. The first-order valence-electron chi connectivity index (χ1n) is 6.42. The summed E-state index contributed by atoms with van der Waals surface area (Å²) in [5.41, 5.74) is 10.5. The molecule has 106 valence electrons. The second-order valence-corrected chi connectivity index (χ2v) is 5.17. The molecule has 0 spiro atoms. The van der Waals surface area contributed by atoms with Crippen LogP contribution in [-0.4, -0.2) is 17.8 Å². The normalized spacial score (nSPS) is 10.9. The van der Waals surface area contributed by atoms with Gasteiger partial charge in [-0.2, -0.15) is 5.10 Å². The maximum atomic E-state index is 5.59. The molecule has 0 bridgehead atoms. The summed E-state index contributed by atoms with van der Waals surface area (Å²) in [7, 11) is 0. The lowest BCUT2D eigenvalue weighted by Gasteiger charge is -2.06. The van der Waals surface area contributed by atoms with Crippen LogP contribution in [0.2, 0.25) is 0 Å². The van der Waals surface area contributed by atoms with Gasteiger partial charge in [-0.15, -0.1) is 11.3 Å². The number of aryl methyl sites for hydroxylation is 1. The molecule has 1 aromatic heterocycles. The van der Waals surface area contributed by atoms with E-state index in [2.05, 4.69) is 22.4 Å². The minimum atomic E-state index is 0.501. The molecular formula is C14H18N4OS. The largest absolute Gasteiger partial charge is 0.494 e. The third-order valence-electron chi connectivity index (χ3n) is 2.60. The molecule has 2 aromatic rings. The smallest absolute Gasteiger partial charge is 0.205 e. The standard InChI is InChI=1S/C14H18N4OS/c1-3-6-19-12-5-4-11(10(2)7-12)8-16-18-14-17-13(15)9-20-14/h4-5,7-9H,3,6,15H2,1-2H3,(H,17,18). The predicted octanol–water partition coefficient (Wildman–Crippen LogP) is 3.27. The zero-order chi connectivity index (χ0) is 14.4. The van der Waals surface area contributed by atoms with E-state index in [1.165, 1.54) is 11.3 Å². The molecule has 0 aliphatic carbocycles. The second kappa shape index (κ2) is 6.91. The number of aromatic nitrogens is 1. The number of ether oxygens (including phenoxy) is 1. The Labute approximate surface area is 122 Å². The van der Waals surface area contributed by atoms with Gasteiger partial charge < -0.3 is 10.5 Å². The van der Waals surface area contributed by atoms with Crippen LogP contribution < -0.4 is 15.9 Å². The Kier molecular flexibility index (Phi) is 4.95. The minimum Gasteiger partial charge on any atom is -0.494 e. The van der Waals surface area contributed by atoms with Crippen LogP contribution >= 0.6 is 11.3 Å². The molecule has 0 amide bonds. The number of nitrogen functional groups attached to an aromatic ring is 1. The van der Waals surface area contributed by atoms with Crippen LogP contribution in [0.25, 0.3) is 0 Å². The van der Waals surface area contributed by atoms with E-state index in [9.17, 15) is 0 Å². The number of nitrogens with two attached hydrogens (primary N) is 1. The molecule has 0 atom stereocenters. The number of hydrogen-bond acceptors (Lipinski definition) is 6. The van der Waals surface area contributed by atoms with Crippen molar-refractivity contribution >= 4 is 28.5 Å². The van der Waals surface area contributed by atoms with Gasteiger partial charge in [0.15, 0.2) is 0 Å². The molecule has 0 unspecified atom stereocenters. The second-order valence-electron chi connectivity index (χ2n) is 4.31. The van der Waals surface area contributed by atoms with E-state index < -0.39 is 0 Å². The van der Waals surface area contributed by atoms with Crippen molar-refractivity contribution in [2.75, 3.05) is 17.8 Å². The van der Waals surface area contributed by atoms with E-state index in [0.717, 1.165) is 29.9 Å². The van der Waals surface area contributed by atoms with Gasteiger partial charge >= 0.3 is 0 Å². The summed E-state index contributed by atoms with van der Waals surface area (Å²) < 4.78 is 5.59. The van der Waals surface area contributed by atoms with Crippen molar-refractivity contribution in [2.24, 2.45) is 5.10 Å². The van der Waals surface area contributed by atoms with Crippen molar-refractivity contribution in [3.8, 4) is 5.75 Å². The van der Waals surface area contributed by atoms with E-state index in [-0.39, 0.29) is 0 Å². The molecule has 6 heteroatoms. The number of nitrogens with zero attached hydrogens (tertiary/aromatic N) is 2. The zero-order valence-electron chi connectivity index (χ0n) is 11.6. The fourth-order valence-electron chi connectivity index (χ4n) is 1.60. The summed E-state index contributed by atoms with van der Waals surface area (Å²) in [4.78, 5) is 4.06. The van der Waals surface area contributed by atoms with Gasteiger partial charge in [0.05, 0.1) is 12.8 Å². The van der Waals surface area contributed by atoms with Gasteiger partial charge in [-0.3, -0.25) is 5.43 Å². The number of benzene rings is 1. The fourth-order valence-corrected chi connectivity index (χ4v) is 2.15. The number of rotatable bonds is 6. The van der Waals surface area contributed by atoms with E-state index in [1.54, 1.807) is 11.6 Å². The zero-order valence-corrected chi connectivity index (χ0v) is 12.4. The van der Waals surface area contributed by atoms with E-state index >= 15 is 0 Å². The highest BCUT2D eigenvalue weighted by atomic mass is 32.1. The molecule has 0 aliphatic heterocycles. The first kappa shape index (κ1) is 14.3. The number of hydrogen-bond donors (Lipinski definition) is 2. The van der Waals surface area contributed by atoms with Gasteiger partial charge in [-0.1, -0.05) is 6.92 Å². The van der Waals surface area contributed by atoms with Crippen molar-refractivity contribution in [1.29, 1.82) is 0 Å². The lowest BCUT2D eigenvalue weighted by Crippen LogP contribution is -1.97. The van der Waals surface area contributed by atoms with Crippen LogP contribution in [0.3, 0.4) is 0 Å². The van der Waals surface area contributed by atoms with Gasteiger partial charge in [0.25, 0.3) is 0 Å². The monoisotopic (exact) mass is 290 g/mol. The first-order valence-corrected chi connectivity index (χ1v) is 7.30. The first-order chi connectivity index (χ1) is 9.69. The van der Waals surface area contributed by atoms with Crippen molar-refractivity contribution < 1.29 is 4.74 Å². The van der Waals surface area contributed by atoms with E-state index in [4.69, 9.17) is 10.5 Å². The Hall–Kier alpha value is -2.08. The Morgan fingerprint density at radius 2 is 2.35 bits per heavy atom. The average Bonchev–Trinajstić information content (AvgIpc) is 2.84. The lowest BCUT2D eigenvalue weighted by atomic mass is 10.1. The van der Waals surface area contributed by atoms with Gasteiger partial charge in [0.1, 0.15) is 11.6 Å². The molecule has 3 N–H and O–H groups in total. The molecule has 20 heavy (non-hydrogen) atoms. The summed E-state index contributed by atoms with van der Waals surface area (Å²) in [6.07, 6.45) is 2.76. The Bertz CT molecular complexity index is 595. The minimum absolute atomic E-state index is 0.501. The van der Waals surface area contributed by atoms with E-state index in [0.29, 0.717) is 10.9 Å². The molecule has 0 saturated heterocycles. The molecule has 0 saturated carbocycles. The third kappa shape index (κ3) is 3.96. The summed E-state index contributed by atoms with van der Waals surface area (Å²) in [6.45, 7) is 4.85. The molecule has 0 radical (unpaired) electrons. The lowest BCUT2D eigenvalue weighted by molar-refractivity contribution is 0.317. The van der Waals surface area contributed by atoms with Crippen molar-refractivity contribution in [3.63, 3.8) is 0 Å². The summed E-state index contributed by atoms with van der Waals surface area (Å²) >= 11 is 1.42. The van der Waals surface area contributed by atoms with Crippen LogP contribution in [0.15, 0.2) is 28.7 Å². The molecule has 0 fully saturated rings. The summed E-state index contributed by atoms with van der Waals surface area (Å²) in [5.74, 6) is 1.39. The molecule has 1 aromatic carbocycles. The highest BCUT2D eigenvalue weighted by Crippen LogP contribution is 2.18. The van der Waals surface area contributed by atoms with Crippen molar-refractivity contribution in [3.05, 3.63) is 34.7 Å². The topological polar surface area (TPSA) is 72.5 Å². The Morgan fingerprint density at radius 3 is 3.00 bits per heavy atom. The maximum absolute atomic E-state index is 5.59. The molecular weight excluding hydrogens is 272 g/mol. The Balaban J connectivity index is 1.98. The van der Waals surface area contributed by atoms with Gasteiger partial charge in [-0.25, -0.2) is 4.98 Å². The van der Waals surface area contributed by atoms with Gasteiger partial charge in [-0.05, 0) is 42.7 Å². The van der Waals surface area contributed by atoms with Gasteiger partial charge in [0, 0.05) is 5.38 Å². The Morgan fingerprint density at radius 1 is 1.50 bits per heavy atom. The number of anilines is 2. The quantitative estimate of drug-likeness (QED) is 0.632. The maximum Gasteiger partial charge on any atom is 0.205 e. The average molecular weight is 290 g/mol. The molecule has 1 heterocycles. The molecule has 0 aliphatic rings. The highest BCUT2D eigenvalue weighted by Gasteiger charge is 1.99. The van der Waals surface area contributed by atoms with Crippen molar-refractivity contribution in [1.82, 2.24) is 4.98 Å². The molecule has 5 nitrogen and oxygen atoms in total. The number of thiazole rings is 1. The number of hydrazone groups is 1. The van der Waals surface area contributed by atoms with Crippen LogP contribution in [-0.2, 0) is 0 Å². The predicted molar refractivity (Wildman–Crippen MR) is 84.7 cm³/mol. The van der Waals surface area contributed by atoms with E-state index in [1.807, 2.05) is 25.1 Å². The van der Waals surface area contributed by atoms with Crippen LogP contribution in [0.5, 0.6) is 5.75 Å². The third-order valence-corrected chi connectivity index (χ3v) is 3.37. The SMILES string of the molecule is CCCOc1ccc(C=NNc2nc(N)cs2)c(C)c1. The summed E-state index contributed by atoms with van der Waals surface area (Å²) in [6, 6.07) is 5.95. The van der Waals surface area contributed by atoms with Crippen LogP contribution in [0, 0.1) is 6.92 Å². The summed E-state index contributed by atoms with van der Waals surface area (Å²) in [5, 5.41) is 6.60. The highest BCUT2D eigenvalue weighted by molar-refractivity contribution is 7.14.